The third-order valence-electron chi connectivity index (χ3n) is 8.85. The average molecular weight is 586 g/mol. The summed E-state index contributed by atoms with van der Waals surface area (Å²) in [6.45, 7) is 5.05. The summed E-state index contributed by atoms with van der Waals surface area (Å²) in [6, 6.07) is 17.0. The van der Waals surface area contributed by atoms with Gasteiger partial charge in [0.1, 0.15) is 0 Å². The number of hydrogen-bond acceptors (Lipinski definition) is 5. The Morgan fingerprint density at radius 3 is 1.71 bits per heavy atom. The Morgan fingerprint density at radius 1 is 0.690 bits per heavy atom. The number of amides is 1. The molecule has 0 saturated heterocycles. The number of nitrogens with one attached hydrogen (secondary N) is 2. The minimum absolute atomic E-state index is 0. The van der Waals surface area contributed by atoms with Gasteiger partial charge in [0.15, 0.2) is 0 Å². The van der Waals surface area contributed by atoms with E-state index in [9.17, 15) is 4.79 Å². The number of anilines is 2. The van der Waals surface area contributed by atoms with E-state index >= 15 is 0 Å². The predicted molar refractivity (Wildman–Crippen MR) is 177 cm³/mol. The van der Waals surface area contributed by atoms with Gasteiger partial charge in [0, 0.05) is 66.6 Å². The maximum atomic E-state index is 12.4. The smallest absolute Gasteiger partial charge is 0.219 e. The Morgan fingerprint density at radius 2 is 1.17 bits per heavy atom. The van der Waals surface area contributed by atoms with Gasteiger partial charge in [0.2, 0.25) is 5.91 Å². The second-order valence-corrected chi connectivity index (χ2v) is 11.7. The maximum Gasteiger partial charge on any atom is 0.219 e. The summed E-state index contributed by atoms with van der Waals surface area (Å²) >= 11 is 0. The molecule has 2 N–H and O–H groups in total. The van der Waals surface area contributed by atoms with Crippen molar-refractivity contribution in [1.29, 1.82) is 0 Å². The predicted octanol–water partition coefficient (Wildman–Crippen LogP) is 7.51. The molecule has 0 fully saturated rings. The summed E-state index contributed by atoms with van der Waals surface area (Å²) < 4.78 is 0. The summed E-state index contributed by atoms with van der Waals surface area (Å²) in [6.07, 6.45) is 12.2. The number of halogens is 1. The van der Waals surface area contributed by atoms with E-state index in [1.54, 1.807) is 6.92 Å². The molecule has 6 rings (SSSR count). The number of rotatable bonds is 11. The van der Waals surface area contributed by atoms with Crippen LogP contribution in [0.3, 0.4) is 0 Å². The summed E-state index contributed by atoms with van der Waals surface area (Å²) in [5.41, 5.74) is 10.1. The first-order valence-corrected chi connectivity index (χ1v) is 15.7. The maximum absolute atomic E-state index is 12.4. The number of pyridine rings is 2. The number of carbonyl (C=O) groups excluding carboxylic acids is 1. The lowest BCUT2D eigenvalue weighted by Crippen LogP contribution is -2.32. The zero-order chi connectivity index (χ0) is 28.0. The standard InChI is InChI=1S/C35H43N5O.ClH/c1-25(41)40(24-12-22-37-35-28-15-4-8-19-32(28)39-33-20-9-5-16-29(33)35)23-11-10-21-36-34-26-13-2-6-17-30(26)38-31-18-7-3-14-27(31)34;/h2,4,6,8,13,15,17,19H,3,5,7,9-12,14,16,18,20-24H2,1H3,(H,36,38)(H,37,39);1H. The van der Waals surface area contributed by atoms with Crippen molar-refractivity contribution in [3.05, 3.63) is 71.0 Å². The van der Waals surface area contributed by atoms with Crippen LogP contribution in [0.15, 0.2) is 48.5 Å². The fraction of sp³-hybridized carbons (Fsp3) is 0.457. The molecule has 2 heterocycles. The van der Waals surface area contributed by atoms with Gasteiger partial charge >= 0.3 is 0 Å². The molecule has 2 aliphatic rings. The number of fused-ring (bicyclic) bond motifs is 4. The molecule has 1 amide bonds. The van der Waals surface area contributed by atoms with Crippen LogP contribution in [0.2, 0.25) is 0 Å². The van der Waals surface area contributed by atoms with Gasteiger partial charge in [0.05, 0.1) is 11.0 Å². The first-order valence-electron chi connectivity index (χ1n) is 15.7. The third kappa shape index (κ3) is 6.64. The second kappa shape index (κ2) is 14.2. The van der Waals surface area contributed by atoms with Crippen molar-refractivity contribution >= 4 is 51.5 Å². The highest BCUT2D eigenvalue weighted by atomic mass is 35.5. The fourth-order valence-corrected chi connectivity index (χ4v) is 6.70. The quantitative estimate of drug-likeness (QED) is 0.178. The van der Waals surface area contributed by atoms with Crippen molar-refractivity contribution in [3.8, 4) is 0 Å². The van der Waals surface area contributed by atoms with E-state index in [1.165, 1.54) is 70.3 Å². The van der Waals surface area contributed by atoms with Gasteiger partial charge in [0.25, 0.3) is 0 Å². The zero-order valence-electron chi connectivity index (χ0n) is 24.9. The molecule has 2 aromatic heterocycles. The van der Waals surface area contributed by atoms with Gasteiger partial charge in [-0.3, -0.25) is 14.8 Å². The number of aromatic nitrogens is 2. The monoisotopic (exact) mass is 585 g/mol. The minimum atomic E-state index is 0. The van der Waals surface area contributed by atoms with Gasteiger partial charge in [-0.2, -0.15) is 0 Å². The highest BCUT2D eigenvalue weighted by Crippen LogP contribution is 2.34. The number of unbranched alkanes of at least 4 members (excludes halogenated alkanes) is 1. The van der Waals surface area contributed by atoms with E-state index < -0.39 is 0 Å². The number of para-hydroxylation sites is 2. The van der Waals surface area contributed by atoms with E-state index in [1.807, 2.05) is 4.90 Å². The molecule has 0 saturated carbocycles. The van der Waals surface area contributed by atoms with Crippen LogP contribution in [0.5, 0.6) is 0 Å². The Labute approximate surface area is 256 Å². The minimum Gasteiger partial charge on any atom is -0.384 e. The fourth-order valence-electron chi connectivity index (χ4n) is 6.70. The first kappa shape index (κ1) is 30.1. The number of nitrogens with zero attached hydrogens (tertiary/aromatic N) is 3. The Bertz CT molecular complexity index is 1540. The summed E-state index contributed by atoms with van der Waals surface area (Å²) in [5, 5.41) is 9.97. The van der Waals surface area contributed by atoms with Crippen LogP contribution in [-0.4, -0.2) is 47.0 Å². The number of hydrogen-bond donors (Lipinski definition) is 2. The van der Waals surface area contributed by atoms with Crippen molar-refractivity contribution in [2.24, 2.45) is 0 Å². The molecule has 0 bridgehead atoms. The van der Waals surface area contributed by atoms with Crippen molar-refractivity contribution in [2.45, 2.75) is 77.6 Å². The highest BCUT2D eigenvalue weighted by molar-refractivity contribution is 5.94. The normalized spacial score (nSPS) is 14.1. The van der Waals surface area contributed by atoms with Crippen LogP contribution in [0.1, 0.15) is 74.4 Å². The molecular formula is C35H44ClN5O. The lowest BCUT2D eigenvalue weighted by Gasteiger charge is -2.24. The van der Waals surface area contributed by atoms with Crippen LogP contribution in [-0.2, 0) is 30.5 Å². The van der Waals surface area contributed by atoms with E-state index in [0.717, 1.165) is 82.2 Å². The highest BCUT2D eigenvalue weighted by Gasteiger charge is 2.19. The molecule has 0 spiro atoms. The van der Waals surface area contributed by atoms with Gasteiger partial charge < -0.3 is 15.5 Å². The van der Waals surface area contributed by atoms with Crippen molar-refractivity contribution in [1.82, 2.24) is 14.9 Å². The van der Waals surface area contributed by atoms with Crippen LogP contribution >= 0.6 is 12.4 Å². The van der Waals surface area contributed by atoms with E-state index in [4.69, 9.17) is 9.97 Å². The Hall–Kier alpha value is -3.38. The molecule has 222 valence electrons. The molecule has 4 aromatic rings. The molecule has 6 nitrogen and oxygen atoms in total. The lowest BCUT2D eigenvalue weighted by atomic mass is 9.92. The van der Waals surface area contributed by atoms with Crippen molar-refractivity contribution in [3.63, 3.8) is 0 Å². The van der Waals surface area contributed by atoms with E-state index in [0.29, 0.717) is 0 Å². The molecule has 0 unspecified atom stereocenters. The second-order valence-electron chi connectivity index (χ2n) is 11.7. The van der Waals surface area contributed by atoms with Gasteiger partial charge in [-0.1, -0.05) is 36.4 Å². The van der Waals surface area contributed by atoms with Crippen molar-refractivity contribution < 1.29 is 4.79 Å². The van der Waals surface area contributed by atoms with Crippen LogP contribution in [0.4, 0.5) is 11.4 Å². The molecule has 42 heavy (non-hydrogen) atoms. The zero-order valence-corrected chi connectivity index (χ0v) is 25.7. The van der Waals surface area contributed by atoms with Crippen molar-refractivity contribution in [2.75, 3.05) is 36.8 Å². The summed E-state index contributed by atoms with van der Waals surface area (Å²) in [7, 11) is 0. The van der Waals surface area contributed by atoms with Crippen LogP contribution in [0.25, 0.3) is 21.8 Å². The molecule has 2 aliphatic carbocycles. The average Bonchev–Trinajstić information content (AvgIpc) is 3.00. The SMILES string of the molecule is CC(=O)N(CCCCNc1c2c(nc3ccccc13)CCCC2)CCCNc1c2c(nc3ccccc13)CCCC2.Cl. The third-order valence-corrected chi connectivity index (χ3v) is 8.85. The van der Waals surface area contributed by atoms with Gasteiger partial charge in [-0.05, 0) is 93.9 Å². The summed E-state index contributed by atoms with van der Waals surface area (Å²) in [4.78, 5) is 24.4. The Balaban J connectivity index is 0.00000353. The van der Waals surface area contributed by atoms with Crippen LogP contribution in [0, 0.1) is 0 Å². The number of benzene rings is 2. The molecule has 0 radical (unpaired) electrons. The van der Waals surface area contributed by atoms with Gasteiger partial charge in [-0.15, -0.1) is 12.4 Å². The first-order chi connectivity index (χ1) is 20.2. The Kier molecular flexibility index (Phi) is 10.2. The lowest BCUT2D eigenvalue weighted by molar-refractivity contribution is -0.128. The number of carbonyl (C=O) groups is 1. The summed E-state index contributed by atoms with van der Waals surface area (Å²) in [5.74, 6) is 0.166. The molecule has 2 aromatic carbocycles. The molecule has 7 heteroatoms. The molecular weight excluding hydrogens is 542 g/mol. The van der Waals surface area contributed by atoms with E-state index in [2.05, 4.69) is 59.2 Å². The van der Waals surface area contributed by atoms with E-state index in [-0.39, 0.29) is 18.3 Å². The van der Waals surface area contributed by atoms with Gasteiger partial charge in [-0.25, -0.2) is 0 Å². The molecule has 0 atom stereocenters. The largest absolute Gasteiger partial charge is 0.384 e. The molecule has 0 aliphatic heterocycles. The number of aryl methyl sites for hydroxylation is 2. The topological polar surface area (TPSA) is 70.2 Å². The van der Waals surface area contributed by atoms with Crippen LogP contribution < -0.4 is 10.6 Å².